The molecule has 1 aliphatic carbocycles. The zero-order valence-electron chi connectivity index (χ0n) is 6.17. The zero-order chi connectivity index (χ0) is 6.85. The lowest BCUT2D eigenvalue weighted by Crippen LogP contribution is -2.38. The number of aliphatic hydroxyl groups is 1. The summed E-state index contributed by atoms with van der Waals surface area (Å²) in [6, 6.07) is 0. The van der Waals surface area contributed by atoms with Gasteiger partial charge >= 0.3 is 0 Å². The van der Waals surface area contributed by atoms with E-state index in [2.05, 4.69) is 4.90 Å². The van der Waals surface area contributed by atoms with E-state index in [9.17, 15) is 0 Å². The molecule has 2 nitrogen and oxygen atoms in total. The van der Waals surface area contributed by atoms with E-state index in [1.54, 1.807) is 0 Å². The molecule has 1 aliphatic rings. The molecule has 1 unspecified atom stereocenters. The number of hydrogen-bond acceptors (Lipinski definition) is 2. The maximum absolute atomic E-state index is 9.13. The fourth-order valence-corrected chi connectivity index (χ4v) is 1.23. The van der Waals surface area contributed by atoms with Crippen molar-refractivity contribution in [3.8, 4) is 0 Å². The molecule has 9 heavy (non-hydrogen) atoms. The quantitative estimate of drug-likeness (QED) is 0.580. The van der Waals surface area contributed by atoms with Crippen LogP contribution in [0, 0.1) is 5.92 Å². The molecule has 2 atom stereocenters. The summed E-state index contributed by atoms with van der Waals surface area (Å²) in [6.07, 6.45) is 2.21. The van der Waals surface area contributed by atoms with Gasteiger partial charge in [0.15, 0.2) is 0 Å². The van der Waals surface area contributed by atoms with Crippen LogP contribution in [0.3, 0.4) is 0 Å². The van der Waals surface area contributed by atoms with Gasteiger partial charge in [0.05, 0.1) is 6.10 Å². The first-order valence-electron chi connectivity index (χ1n) is 3.53. The van der Waals surface area contributed by atoms with Gasteiger partial charge in [0, 0.05) is 6.54 Å². The minimum absolute atomic E-state index is 0.00704. The topological polar surface area (TPSA) is 23.5 Å². The molecule has 1 saturated carbocycles. The van der Waals surface area contributed by atoms with Gasteiger partial charge in [0.1, 0.15) is 0 Å². The van der Waals surface area contributed by atoms with E-state index in [1.807, 2.05) is 14.1 Å². The van der Waals surface area contributed by atoms with Gasteiger partial charge in [-0.25, -0.2) is 0 Å². The smallest absolute Gasteiger partial charge is 0.0580 e. The average Bonchev–Trinajstić information content (AvgIpc) is 1.79. The predicted octanol–water partition coefficient (Wildman–Crippen LogP) is 0.319. The second-order valence-electron chi connectivity index (χ2n) is 3.17. The summed E-state index contributed by atoms with van der Waals surface area (Å²) in [6.45, 7) is 1.04. The van der Waals surface area contributed by atoms with Gasteiger partial charge in [0.25, 0.3) is 0 Å². The van der Waals surface area contributed by atoms with Crippen molar-refractivity contribution in [3.05, 3.63) is 0 Å². The second kappa shape index (κ2) is 2.67. The van der Waals surface area contributed by atoms with Crippen LogP contribution in [0.1, 0.15) is 12.8 Å². The van der Waals surface area contributed by atoms with Crippen LogP contribution in [0.4, 0.5) is 0 Å². The minimum atomic E-state index is -0.00704. The summed E-state index contributed by atoms with van der Waals surface area (Å²) in [4.78, 5) is 2.13. The molecule has 0 aromatic heterocycles. The van der Waals surface area contributed by atoms with E-state index in [0.29, 0.717) is 5.92 Å². The Hall–Kier alpha value is -0.0800. The van der Waals surface area contributed by atoms with Crippen LogP contribution in [0.15, 0.2) is 0 Å². The molecular weight excluding hydrogens is 114 g/mol. The zero-order valence-corrected chi connectivity index (χ0v) is 6.17. The SMILES string of the molecule is CN(C)C[C@H]1CCC1O. The minimum Gasteiger partial charge on any atom is -0.393 e. The molecule has 0 aromatic carbocycles. The summed E-state index contributed by atoms with van der Waals surface area (Å²) in [7, 11) is 4.09. The Kier molecular flexibility index (Phi) is 2.09. The predicted molar refractivity (Wildman–Crippen MR) is 37.3 cm³/mol. The van der Waals surface area contributed by atoms with Gasteiger partial charge in [0.2, 0.25) is 0 Å². The van der Waals surface area contributed by atoms with Crippen molar-refractivity contribution < 1.29 is 5.11 Å². The van der Waals surface area contributed by atoms with Gasteiger partial charge in [-0.2, -0.15) is 0 Å². The van der Waals surface area contributed by atoms with E-state index in [0.717, 1.165) is 13.0 Å². The third-order valence-electron chi connectivity index (χ3n) is 1.98. The first-order chi connectivity index (χ1) is 4.20. The number of rotatable bonds is 2. The highest BCUT2D eigenvalue weighted by molar-refractivity contribution is 4.81. The molecule has 0 amide bonds. The third kappa shape index (κ3) is 1.66. The fraction of sp³-hybridized carbons (Fsp3) is 1.00. The Balaban J connectivity index is 2.13. The van der Waals surface area contributed by atoms with Crippen molar-refractivity contribution in [3.63, 3.8) is 0 Å². The summed E-state index contributed by atoms with van der Waals surface area (Å²) in [5.41, 5.74) is 0. The van der Waals surface area contributed by atoms with E-state index in [1.165, 1.54) is 6.42 Å². The van der Waals surface area contributed by atoms with Crippen molar-refractivity contribution in [2.45, 2.75) is 18.9 Å². The summed E-state index contributed by atoms with van der Waals surface area (Å²) in [5.74, 6) is 0.556. The molecule has 54 valence electrons. The fourth-order valence-electron chi connectivity index (χ4n) is 1.23. The number of hydrogen-bond donors (Lipinski definition) is 1. The molecule has 1 N–H and O–H groups in total. The van der Waals surface area contributed by atoms with Gasteiger partial charge in [-0.05, 0) is 32.9 Å². The highest BCUT2D eigenvalue weighted by Crippen LogP contribution is 2.27. The van der Waals surface area contributed by atoms with Crippen molar-refractivity contribution in [1.29, 1.82) is 0 Å². The monoisotopic (exact) mass is 129 g/mol. The average molecular weight is 129 g/mol. The molecular formula is C7H15NO. The van der Waals surface area contributed by atoms with Crippen molar-refractivity contribution in [2.24, 2.45) is 5.92 Å². The maximum atomic E-state index is 9.13. The molecule has 0 heterocycles. The van der Waals surface area contributed by atoms with E-state index < -0.39 is 0 Å². The molecule has 2 heteroatoms. The van der Waals surface area contributed by atoms with E-state index in [-0.39, 0.29) is 6.10 Å². The summed E-state index contributed by atoms with van der Waals surface area (Å²) >= 11 is 0. The van der Waals surface area contributed by atoms with Crippen molar-refractivity contribution in [2.75, 3.05) is 20.6 Å². The molecule has 1 rings (SSSR count). The Morgan fingerprint density at radius 1 is 1.44 bits per heavy atom. The Bertz CT molecular complexity index is 92.9. The molecule has 0 radical (unpaired) electrons. The third-order valence-corrected chi connectivity index (χ3v) is 1.98. The maximum Gasteiger partial charge on any atom is 0.0580 e. The summed E-state index contributed by atoms with van der Waals surface area (Å²) in [5, 5.41) is 9.13. The van der Waals surface area contributed by atoms with Crippen LogP contribution in [0.5, 0.6) is 0 Å². The summed E-state index contributed by atoms with van der Waals surface area (Å²) < 4.78 is 0. The van der Waals surface area contributed by atoms with E-state index in [4.69, 9.17) is 5.11 Å². The normalized spacial score (nSPS) is 34.7. The standard InChI is InChI=1S/C7H15NO/c1-8(2)5-6-3-4-7(6)9/h6-7,9H,3-5H2,1-2H3/t6-,7?/m1/s1. The van der Waals surface area contributed by atoms with Gasteiger partial charge in [-0.1, -0.05) is 0 Å². The second-order valence-corrected chi connectivity index (χ2v) is 3.17. The first kappa shape index (κ1) is 7.03. The van der Waals surface area contributed by atoms with E-state index >= 15 is 0 Å². The first-order valence-corrected chi connectivity index (χ1v) is 3.53. The van der Waals surface area contributed by atoms with Gasteiger partial charge < -0.3 is 10.0 Å². The van der Waals surface area contributed by atoms with Crippen LogP contribution in [0.2, 0.25) is 0 Å². The van der Waals surface area contributed by atoms with Crippen LogP contribution in [0.25, 0.3) is 0 Å². The largest absolute Gasteiger partial charge is 0.393 e. The molecule has 0 spiro atoms. The Labute approximate surface area is 56.5 Å². The van der Waals surface area contributed by atoms with Gasteiger partial charge in [-0.15, -0.1) is 0 Å². The molecule has 0 bridgehead atoms. The van der Waals surface area contributed by atoms with Crippen molar-refractivity contribution >= 4 is 0 Å². The molecule has 0 aliphatic heterocycles. The number of aliphatic hydroxyl groups excluding tert-OH is 1. The lowest BCUT2D eigenvalue weighted by molar-refractivity contribution is 0.0110. The van der Waals surface area contributed by atoms with Gasteiger partial charge in [-0.3, -0.25) is 0 Å². The Morgan fingerprint density at radius 3 is 2.22 bits per heavy atom. The molecule has 0 aromatic rings. The van der Waals surface area contributed by atoms with Crippen LogP contribution in [-0.4, -0.2) is 36.8 Å². The van der Waals surface area contributed by atoms with Crippen LogP contribution >= 0.6 is 0 Å². The Morgan fingerprint density at radius 2 is 2.11 bits per heavy atom. The number of nitrogens with zero attached hydrogens (tertiary/aromatic N) is 1. The molecule has 1 fully saturated rings. The lowest BCUT2D eigenvalue weighted by Gasteiger charge is -2.34. The van der Waals surface area contributed by atoms with Crippen LogP contribution < -0.4 is 0 Å². The lowest BCUT2D eigenvalue weighted by atomic mass is 9.82. The van der Waals surface area contributed by atoms with Crippen molar-refractivity contribution in [1.82, 2.24) is 4.90 Å². The highest BCUT2D eigenvalue weighted by Gasteiger charge is 2.28. The highest BCUT2D eigenvalue weighted by atomic mass is 16.3. The molecule has 0 saturated heterocycles. The van der Waals surface area contributed by atoms with Crippen LogP contribution in [-0.2, 0) is 0 Å².